The molecule has 146 valence electrons. The first-order valence-corrected chi connectivity index (χ1v) is 10.0. The molecule has 0 aromatic heterocycles. The third-order valence-electron chi connectivity index (χ3n) is 4.92. The minimum atomic E-state index is 0.161. The van der Waals surface area contributed by atoms with Crippen LogP contribution in [0.2, 0.25) is 0 Å². The summed E-state index contributed by atoms with van der Waals surface area (Å²) in [6.07, 6.45) is 3.57. The molecule has 0 bridgehead atoms. The van der Waals surface area contributed by atoms with E-state index in [0.717, 1.165) is 41.0 Å². The largest absolute Gasteiger partial charge is 0.396 e. The van der Waals surface area contributed by atoms with Crippen LogP contribution in [0.4, 0.5) is 17.1 Å². The summed E-state index contributed by atoms with van der Waals surface area (Å²) in [5, 5.41) is 18.3. The highest BCUT2D eigenvalue weighted by Gasteiger charge is 2.12. The normalized spacial score (nSPS) is 10.8. The van der Waals surface area contributed by atoms with Gasteiger partial charge in [0.15, 0.2) is 0 Å². The second-order valence-electron chi connectivity index (χ2n) is 7.03. The Balaban J connectivity index is 1.97. The molecule has 28 heavy (non-hydrogen) atoms. The Kier molecular flexibility index (Phi) is 7.24. The molecule has 0 aliphatic carbocycles. The summed E-state index contributed by atoms with van der Waals surface area (Å²) in [5.41, 5.74) is 6.89. The van der Waals surface area contributed by atoms with Gasteiger partial charge in [-0.1, -0.05) is 49.7 Å². The summed E-state index contributed by atoms with van der Waals surface area (Å²) in [6.45, 7) is 2.52. The average Bonchev–Trinajstić information content (AvgIpc) is 2.73. The Morgan fingerprint density at radius 1 is 0.536 bits per heavy atom. The molecule has 0 aliphatic heterocycles. The number of rotatable bonds is 9. The number of nitrogens with zero attached hydrogens (tertiary/aromatic N) is 1. The lowest BCUT2D eigenvalue weighted by Crippen LogP contribution is -2.10. The summed E-state index contributed by atoms with van der Waals surface area (Å²) in [5.74, 6) is 0. The predicted octanol–water partition coefficient (Wildman–Crippen LogP) is 5.18. The van der Waals surface area contributed by atoms with E-state index in [9.17, 15) is 0 Å². The fourth-order valence-corrected chi connectivity index (χ4v) is 3.43. The number of aliphatic hydroxyl groups is 2. The second-order valence-corrected chi connectivity index (χ2v) is 7.03. The van der Waals surface area contributed by atoms with E-state index in [4.69, 9.17) is 10.2 Å². The molecule has 0 unspecified atom stereocenters. The Morgan fingerprint density at radius 2 is 0.857 bits per heavy atom. The lowest BCUT2D eigenvalue weighted by molar-refractivity contribution is 0.299. The van der Waals surface area contributed by atoms with Gasteiger partial charge in [-0.3, -0.25) is 0 Å². The van der Waals surface area contributed by atoms with Crippen molar-refractivity contribution in [1.82, 2.24) is 0 Å². The van der Waals surface area contributed by atoms with Crippen molar-refractivity contribution in [2.24, 2.45) is 0 Å². The molecule has 3 rings (SSSR count). The van der Waals surface area contributed by atoms with Crippen LogP contribution in [0.1, 0.15) is 30.0 Å². The minimum Gasteiger partial charge on any atom is -0.396 e. The minimum absolute atomic E-state index is 0.161. The van der Waals surface area contributed by atoms with Gasteiger partial charge in [0.05, 0.1) is 0 Å². The lowest BCUT2D eigenvalue weighted by atomic mass is 10.1. The van der Waals surface area contributed by atoms with Crippen LogP contribution in [-0.2, 0) is 19.3 Å². The maximum Gasteiger partial charge on any atom is 0.0471 e. The van der Waals surface area contributed by atoms with Gasteiger partial charge in [-0.2, -0.15) is 0 Å². The zero-order valence-electron chi connectivity index (χ0n) is 16.5. The Hall–Kier alpha value is -2.62. The first-order valence-electron chi connectivity index (χ1n) is 10.0. The van der Waals surface area contributed by atoms with Crippen molar-refractivity contribution in [3.8, 4) is 0 Å². The summed E-state index contributed by atoms with van der Waals surface area (Å²) < 4.78 is 0. The molecule has 0 radical (unpaired) electrons. The van der Waals surface area contributed by atoms with Crippen LogP contribution in [-0.4, -0.2) is 23.4 Å². The van der Waals surface area contributed by atoms with Crippen LogP contribution in [0.15, 0.2) is 72.8 Å². The van der Waals surface area contributed by atoms with Gasteiger partial charge < -0.3 is 15.1 Å². The van der Waals surface area contributed by atoms with Gasteiger partial charge in [-0.05, 0) is 72.4 Å². The van der Waals surface area contributed by atoms with Crippen LogP contribution < -0.4 is 4.90 Å². The van der Waals surface area contributed by atoms with E-state index in [1.165, 1.54) is 5.56 Å². The van der Waals surface area contributed by atoms with E-state index in [2.05, 4.69) is 84.6 Å². The van der Waals surface area contributed by atoms with Gasteiger partial charge in [0.25, 0.3) is 0 Å². The zero-order chi connectivity index (χ0) is 19.8. The molecule has 0 atom stereocenters. The van der Waals surface area contributed by atoms with Crippen LogP contribution in [0, 0.1) is 0 Å². The Labute approximate surface area is 167 Å². The van der Waals surface area contributed by atoms with Gasteiger partial charge >= 0.3 is 0 Å². The number of aryl methyl sites for hydroxylation is 1. The number of anilines is 3. The maximum atomic E-state index is 9.17. The van der Waals surface area contributed by atoms with Crippen molar-refractivity contribution in [1.29, 1.82) is 0 Å². The molecule has 3 nitrogen and oxygen atoms in total. The molecule has 0 amide bonds. The third kappa shape index (κ3) is 5.00. The molecular formula is C25H29NO2. The van der Waals surface area contributed by atoms with E-state index in [-0.39, 0.29) is 13.2 Å². The summed E-state index contributed by atoms with van der Waals surface area (Å²) in [7, 11) is 0. The van der Waals surface area contributed by atoms with E-state index < -0.39 is 0 Å². The molecule has 0 saturated heterocycles. The highest BCUT2D eigenvalue weighted by molar-refractivity contribution is 5.76. The van der Waals surface area contributed by atoms with E-state index >= 15 is 0 Å². The molecular weight excluding hydrogens is 346 g/mol. The molecule has 0 spiro atoms. The molecule has 0 aliphatic rings. The first-order chi connectivity index (χ1) is 13.7. The fourth-order valence-electron chi connectivity index (χ4n) is 3.43. The number of aliphatic hydroxyl groups excluding tert-OH is 2. The zero-order valence-corrected chi connectivity index (χ0v) is 16.5. The van der Waals surface area contributed by atoms with Crippen LogP contribution in [0.5, 0.6) is 0 Å². The van der Waals surface area contributed by atoms with Crippen molar-refractivity contribution in [3.63, 3.8) is 0 Å². The molecule has 0 saturated carbocycles. The van der Waals surface area contributed by atoms with Gasteiger partial charge in [0, 0.05) is 30.3 Å². The maximum absolute atomic E-state index is 9.17. The van der Waals surface area contributed by atoms with E-state index in [1.54, 1.807) is 0 Å². The highest BCUT2D eigenvalue weighted by atomic mass is 16.3. The van der Waals surface area contributed by atoms with Crippen molar-refractivity contribution in [2.45, 2.75) is 32.6 Å². The standard InChI is InChI=1S/C25H29NO2/c1-2-3-20-4-10-23(11-5-20)26(24-12-6-21(7-13-24)16-18-27)25-14-8-22(9-15-25)17-19-28/h4-15,27-28H,2-3,16-19H2,1H3. The Morgan fingerprint density at radius 3 is 1.14 bits per heavy atom. The first kappa shape index (κ1) is 20.1. The van der Waals surface area contributed by atoms with Crippen molar-refractivity contribution >= 4 is 17.1 Å². The highest BCUT2D eigenvalue weighted by Crippen LogP contribution is 2.35. The van der Waals surface area contributed by atoms with Crippen LogP contribution in [0.3, 0.4) is 0 Å². The number of hydrogen-bond donors (Lipinski definition) is 2. The van der Waals surface area contributed by atoms with Crippen LogP contribution >= 0.6 is 0 Å². The molecule has 2 N–H and O–H groups in total. The molecule has 0 fully saturated rings. The summed E-state index contributed by atoms with van der Waals surface area (Å²) >= 11 is 0. The SMILES string of the molecule is CCCc1ccc(N(c2ccc(CCO)cc2)c2ccc(CCO)cc2)cc1. The summed E-state index contributed by atoms with van der Waals surface area (Å²) in [4.78, 5) is 2.24. The third-order valence-corrected chi connectivity index (χ3v) is 4.92. The lowest BCUT2D eigenvalue weighted by Gasteiger charge is -2.26. The summed E-state index contributed by atoms with van der Waals surface area (Å²) in [6, 6.07) is 25.5. The molecule has 3 aromatic carbocycles. The monoisotopic (exact) mass is 375 g/mol. The Bertz CT molecular complexity index is 722. The van der Waals surface area contributed by atoms with Gasteiger partial charge in [-0.25, -0.2) is 0 Å². The van der Waals surface area contributed by atoms with Gasteiger partial charge in [0.1, 0.15) is 0 Å². The van der Waals surface area contributed by atoms with Crippen molar-refractivity contribution < 1.29 is 10.2 Å². The van der Waals surface area contributed by atoms with E-state index in [0.29, 0.717) is 12.8 Å². The molecule has 0 heterocycles. The smallest absolute Gasteiger partial charge is 0.0471 e. The average molecular weight is 376 g/mol. The van der Waals surface area contributed by atoms with Gasteiger partial charge in [0.2, 0.25) is 0 Å². The van der Waals surface area contributed by atoms with Crippen molar-refractivity contribution in [2.75, 3.05) is 18.1 Å². The number of hydrogen-bond acceptors (Lipinski definition) is 3. The fraction of sp³-hybridized carbons (Fsp3) is 0.280. The topological polar surface area (TPSA) is 43.7 Å². The van der Waals surface area contributed by atoms with E-state index in [1.807, 2.05) is 0 Å². The molecule has 3 heteroatoms. The van der Waals surface area contributed by atoms with Crippen LogP contribution in [0.25, 0.3) is 0 Å². The number of benzene rings is 3. The molecule has 3 aromatic rings. The van der Waals surface area contributed by atoms with Gasteiger partial charge in [-0.15, -0.1) is 0 Å². The quantitative estimate of drug-likeness (QED) is 0.542. The second kappa shape index (κ2) is 10.1. The predicted molar refractivity (Wildman–Crippen MR) is 117 cm³/mol. The van der Waals surface area contributed by atoms with Crippen molar-refractivity contribution in [3.05, 3.63) is 89.5 Å².